The van der Waals surface area contributed by atoms with Gasteiger partial charge in [0.15, 0.2) is 21.8 Å². The Morgan fingerprint density at radius 1 is 1.33 bits per heavy atom. The third-order valence-electron chi connectivity index (χ3n) is 3.11. The number of aromatic nitrogens is 2. The van der Waals surface area contributed by atoms with Crippen LogP contribution < -0.4 is 9.46 Å². The molecule has 1 aromatic heterocycles. The van der Waals surface area contributed by atoms with E-state index < -0.39 is 16.9 Å². The maximum atomic E-state index is 12.8. The monoisotopic (exact) mass is 349 g/mol. The van der Waals surface area contributed by atoms with E-state index in [9.17, 15) is 18.2 Å². The van der Waals surface area contributed by atoms with E-state index in [1.54, 1.807) is 0 Å². The zero-order valence-corrected chi connectivity index (χ0v) is 13.1. The highest BCUT2D eigenvalue weighted by Crippen LogP contribution is 2.14. The van der Waals surface area contributed by atoms with E-state index in [0.717, 1.165) is 0 Å². The maximum Gasteiger partial charge on any atom is 0.258 e. The minimum Gasteiger partial charge on any atom is -0.486 e. The highest BCUT2D eigenvalue weighted by Gasteiger charge is 2.22. The van der Waals surface area contributed by atoms with Crippen LogP contribution in [0.2, 0.25) is 0 Å². The van der Waals surface area contributed by atoms with Crippen LogP contribution in [-0.4, -0.2) is 32.3 Å². The molecule has 1 amide bonds. The SMILES string of the molecule is O=C(COc1ccc(F)cc1)Cc1cnn(C2=CC(=O)NS2=O)c1. The van der Waals surface area contributed by atoms with E-state index in [1.165, 1.54) is 47.4 Å². The summed E-state index contributed by atoms with van der Waals surface area (Å²) in [4.78, 5) is 23.1. The zero-order valence-electron chi connectivity index (χ0n) is 12.3. The number of ketones is 1. The number of benzene rings is 1. The van der Waals surface area contributed by atoms with E-state index in [0.29, 0.717) is 11.3 Å². The van der Waals surface area contributed by atoms with E-state index in [1.807, 2.05) is 0 Å². The van der Waals surface area contributed by atoms with Crippen molar-refractivity contribution in [2.24, 2.45) is 0 Å². The van der Waals surface area contributed by atoms with Gasteiger partial charge in [-0.25, -0.2) is 13.3 Å². The minimum absolute atomic E-state index is 0.0719. The fourth-order valence-corrected chi connectivity index (χ4v) is 2.87. The molecule has 0 bridgehead atoms. The molecule has 2 heterocycles. The molecular formula is C15H12FN3O4S. The van der Waals surface area contributed by atoms with Gasteiger partial charge < -0.3 is 4.74 Å². The number of ether oxygens (including phenoxy) is 1. The standard InChI is InChI=1S/C15H12FN3O4S/c16-11-1-3-13(4-2-11)23-9-12(20)5-10-7-17-19(8-10)15-6-14(21)18-24(15)22/h1-4,6-8H,5,9H2,(H,18,21). The largest absolute Gasteiger partial charge is 0.486 e. The molecule has 0 spiro atoms. The van der Waals surface area contributed by atoms with Crippen molar-refractivity contribution >= 4 is 27.7 Å². The third kappa shape index (κ3) is 3.74. The lowest BCUT2D eigenvalue weighted by molar-refractivity contribution is -0.120. The molecule has 0 saturated heterocycles. The molecule has 124 valence electrons. The Morgan fingerprint density at radius 3 is 2.75 bits per heavy atom. The van der Waals surface area contributed by atoms with Gasteiger partial charge in [-0.05, 0) is 29.8 Å². The van der Waals surface area contributed by atoms with Crippen LogP contribution in [0.25, 0.3) is 5.03 Å². The Hall–Kier alpha value is -2.81. The number of nitrogens with one attached hydrogen (secondary N) is 1. The van der Waals surface area contributed by atoms with Crippen molar-refractivity contribution in [3.63, 3.8) is 0 Å². The summed E-state index contributed by atoms with van der Waals surface area (Å²) in [5.74, 6) is -0.636. The molecule has 3 rings (SSSR count). The Bertz CT molecular complexity index is 845. The van der Waals surface area contributed by atoms with Crippen LogP contribution in [0.5, 0.6) is 5.75 Å². The summed E-state index contributed by atoms with van der Waals surface area (Å²) in [6.45, 7) is -0.161. The lowest BCUT2D eigenvalue weighted by Gasteiger charge is -2.04. The molecule has 24 heavy (non-hydrogen) atoms. The summed E-state index contributed by atoms with van der Waals surface area (Å²) in [5.41, 5.74) is 0.597. The normalized spacial score (nSPS) is 16.6. The number of Topliss-reactive ketones (excluding diaryl/α,β-unsaturated/α-hetero) is 1. The molecule has 0 saturated carbocycles. The molecule has 1 aromatic carbocycles. The molecule has 1 N–H and O–H groups in total. The first-order valence-corrected chi connectivity index (χ1v) is 8.04. The molecule has 7 nitrogen and oxygen atoms in total. The van der Waals surface area contributed by atoms with E-state index >= 15 is 0 Å². The van der Waals surface area contributed by atoms with Gasteiger partial charge in [0.05, 0.1) is 6.20 Å². The van der Waals surface area contributed by atoms with Gasteiger partial charge in [-0.15, -0.1) is 0 Å². The maximum absolute atomic E-state index is 12.8. The Morgan fingerprint density at radius 2 is 2.08 bits per heavy atom. The number of halogens is 1. The number of nitrogens with zero attached hydrogens (tertiary/aromatic N) is 2. The van der Waals surface area contributed by atoms with Crippen LogP contribution in [0, 0.1) is 5.82 Å². The molecule has 1 unspecified atom stereocenters. The number of rotatable bonds is 6. The smallest absolute Gasteiger partial charge is 0.258 e. The molecular weight excluding hydrogens is 337 g/mol. The second kappa shape index (κ2) is 6.75. The summed E-state index contributed by atoms with van der Waals surface area (Å²) >= 11 is 0. The Kier molecular flexibility index (Phi) is 4.52. The fraction of sp³-hybridized carbons (Fsp3) is 0.133. The van der Waals surface area contributed by atoms with Gasteiger partial charge in [0.1, 0.15) is 18.2 Å². The molecule has 0 radical (unpaired) electrons. The lowest BCUT2D eigenvalue weighted by atomic mass is 10.2. The second-order valence-electron chi connectivity index (χ2n) is 4.97. The summed E-state index contributed by atoms with van der Waals surface area (Å²) < 4.78 is 33.2. The predicted octanol–water partition coefficient (Wildman–Crippen LogP) is 0.805. The van der Waals surface area contributed by atoms with E-state index in [4.69, 9.17) is 4.74 Å². The molecule has 2 aromatic rings. The van der Waals surface area contributed by atoms with Crippen LogP contribution in [0.4, 0.5) is 4.39 Å². The second-order valence-corrected chi connectivity index (χ2v) is 6.13. The van der Waals surface area contributed by atoms with Crippen molar-refractivity contribution in [1.29, 1.82) is 0 Å². The van der Waals surface area contributed by atoms with E-state index in [2.05, 4.69) is 9.82 Å². The van der Waals surface area contributed by atoms with Gasteiger partial charge in [-0.2, -0.15) is 5.10 Å². The average molecular weight is 349 g/mol. The van der Waals surface area contributed by atoms with Gasteiger partial charge in [0.25, 0.3) is 5.91 Å². The van der Waals surface area contributed by atoms with Crippen LogP contribution in [0.3, 0.4) is 0 Å². The number of hydrogen-bond acceptors (Lipinski definition) is 5. The predicted molar refractivity (Wildman–Crippen MR) is 83.4 cm³/mol. The van der Waals surface area contributed by atoms with Crippen molar-refractivity contribution in [3.8, 4) is 5.75 Å². The molecule has 1 atom stereocenters. The summed E-state index contributed by atoms with van der Waals surface area (Å²) in [6.07, 6.45) is 4.24. The quantitative estimate of drug-likeness (QED) is 0.833. The highest BCUT2D eigenvalue weighted by atomic mass is 32.2. The van der Waals surface area contributed by atoms with Crippen LogP contribution in [-0.2, 0) is 27.0 Å². The summed E-state index contributed by atoms with van der Waals surface area (Å²) in [7, 11) is -1.65. The minimum atomic E-state index is -1.65. The van der Waals surface area contributed by atoms with Gasteiger partial charge in [-0.3, -0.25) is 14.3 Å². The zero-order chi connectivity index (χ0) is 17.1. The van der Waals surface area contributed by atoms with Gasteiger partial charge in [0, 0.05) is 18.7 Å². The van der Waals surface area contributed by atoms with Crippen molar-refractivity contribution in [1.82, 2.24) is 14.5 Å². The highest BCUT2D eigenvalue weighted by molar-refractivity contribution is 7.93. The molecule has 1 aliphatic heterocycles. The number of carbonyl (C=O) groups excluding carboxylic acids is 2. The molecule has 0 fully saturated rings. The summed E-state index contributed by atoms with van der Waals surface area (Å²) in [6, 6.07) is 5.36. The van der Waals surface area contributed by atoms with Crippen molar-refractivity contribution in [2.75, 3.05) is 6.61 Å². The summed E-state index contributed by atoms with van der Waals surface area (Å²) in [5, 5.41) is 4.20. The molecule has 0 aliphatic carbocycles. The molecule has 9 heteroatoms. The number of carbonyl (C=O) groups is 2. The third-order valence-corrected chi connectivity index (χ3v) is 4.19. The average Bonchev–Trinajstić information content (AvgIpc) is 3.12. The first kappa shape index (κ1) is 16.1. The number of amides is 1. The lowest BCUT2D eigenvalue weighted by Crippen LogP contribution is -2.17. The van der Waals surface area contributed by atoms with Crippen LogP contribution in [0.1, 0.15) is 5.56 Å². The Balaban J connectivity index is 1.57. The first-order valence-electron chi connectivity index (χ1n) is 6.89. The topological polar surface area (TPSA) is 90.3 Å². The number of hydrogen-bond donors (Lipinski definition) is 1. The van der Waals surface area contributed by atoms with Crippen molar-refractivity contribution in [2.45, 2.75) is 6.42 Å². The van der Waals surface area contributed by atoms with Crippen LogP contribution >= 0.6 is 0 Å². The molecule has 1 aliphatic rings. The van der Waals surface area contributed by atoms with Crippen molar-refractivity contribution in [3.05, 3.63) is 54.1 Å². The van der Waals surface area contributed by atoms with Crippen LogP contribution in [0.15, 0.2) is 42.7 Å². The first-order chi connectivity index (χ1) is 11.5. The Labute approximate surface area is 138 Å². The van der Waals surface area contributed by atoms with E-state index in [-0.39, 0.29) is 29.7 Å². The van der Waals surface area contributed by atoms with Gasteiger partial charge >= 0.3 is 0 Å². The van der Waals surface area contributed by atoms with Gasteiger partial charge in [-0.1, -0.05) is 0 Å². The fourth-order valence-electron chi connectivity index (χ4n) is 2.04. The van der Waals surface area contributed by atoms with Crippen molar-refractivity contribution < 1.29 is 22.9 Å². The van der Waals surface area contributed by atoms with Gasteiger partial charge in [0.2, 0.25) is 0 Å².